The Morgan fingerprint density at radius 2 is 1.82 bits per heavy atom. The molecular formula is C18H22Cl2NO6P. The molecule has 0 unspecified atom stereocenters. The average Bonchev–Trinajstić information content (AvgIpc) is 2.64. The van der Waals surface area contributed by atoms with Gasteiger partial charge in [-0.2, -0.15) is 0 Å². The molecule has 0 N–H and O–H groups in total. The summed E-state index contributed by atoms with van der Waals surface area (Å²) < 4.78 is 33.6. The quantitative estimate of drug-likeness (QED) is 0.274. The summed E-state index contributed by atoms with van der Waals surface area (Å²) in [6.07, 6.45) is 0.626. The smallest absolute Gasteiger partial charge is 0.356 e. The fourth-order valence-corrected chi connectivity index (χ4v) is 4.79. The van der Waals surface area contributed by atoms with Gasteiger partial charge in [-0.25, -0.2) is 9.78 Å². The van der Waals surface area contributed by atoms with Crippen molar-refractivity contribution in [2.45, 2.75) is 20.3 Å². The average molecular weight is 450 g/mol. The van der Waals surface area contributed by atoms with Gasteiger partial charge in [0.1, 0.15) is 5.75 Å². The van der Waals surface area contributed by atoms with Crippen LogP contribution in [-0.4, -0.2) is 44.0 Å². The molecule has 2 rings (SSSR count). The van der Waals surface area contributed by atoms with Crippen LogP contribution in [-0.2, 0) is 18.3 Å². The minimum absolute atomic E-state index is 0.0673. The van der Waals surface area contributed by atoms with E-state index in [2.05, 4.69) is 4.98 Å². The lowest BCUT2D eigenvalue weighted by atomic mass is 10.1. The van der Waals surface area contributed by atoms with E-state index in [1.807, 2.05) is 0 Å². The molecule has 1 aromatic heterocycles. The topological polar surface area (TPSA) is 84.0 Å². The largest absolute Gasteiger partial charge is 0.493 e. The molecule has 2 aromatic rings. The maximum absolute atomic E-state index is 12.5. The lowest BCUT2D eigenvalue weighted by Crippen LogP contribution is -2.08. The van der Waals surface area contributed by atoms with Crippen molar-refractivity contribution in [3.63, 3.8) is 0 Å². The van der Waals surface area contributed by atoms with Crippen molar-refractivity contribution in [1.29, 1.82) is 0 Å². The van der Waals surface area contributed by atoms with Crippen molar-refractivity contribution in [2.24, 2.45) is 0 Å². The zero-order valence-electron chi connectivity index (χ0n) is 15.9. The number of carbonyl (C=O) groups is 1. The van der Waals surface area contributed by atoms with Crippen LogP contribution in [0.25, 0.3) is 10.9 Å². The van der Waals surface area contributed by atoms with Crippen LogP contribution in [0, 0.1) is 0 Å². The first kappa shape index (κ1) is 22.9. The Morgan fingerprint density at radius 1 is 1.14 bits per heavy atom. The molecule has 1 heterocycles. The summed E-state index contributed by atoms with van der Waals surface area (Å²) in [5, 5.41) is 1.25. The van der Waals surface area contributed by atoms with Crippen molar-refractivity contribution in [1.82, 2.24) is 4.98 Å². The molecule has 28 heavy (non-hydrogen) atoms. The lowest BCUT2D eigenvalue weighted by Gasteiger charge is -2.17. The highest BCUT2D eigenvalue weighted by Crippen LogP contribution is 2.48. The second-order valence-corrected chi connectivity index (χ2v) is 8.68. The van der Waals surface area contributed by atoms with E-state index in [-0.39, 0.29) is 18.5 Å². The van der Waals surface area contributed by atoms with Gasteiger partial charge in [0.25, 0.3) is 0 Å². The number of rotatable bonds is 10. The highest BCUT2D eigenvalue weighted by molar-refractivity contribution is 7.53. The number of pyridine rings is 1. The Labute approximate surface area is 173 Å². The van der Waals surface area contributed by atoms with E-state index in [4.69, 9.17) is 41.7 Å². The van der Waals surface area contributed by atoms with Crippen LogP contribution in [0.5, 0.6) is 5.75 Å². The fraction of sp³-hybridized carbons (Fsp3) is 0.444. The highest BCUT2D eigenvalue weighted by atomic mass is 35.5. The van der Waals surface area contributed by atoms with Crippen LogP contribution in [0.1, 0.15) is 30.8 Å². The second-order valence-electron chi connectivity index (χ2n) is 5.65. The van der Waals surface area contributed by atoms with Gasteiger partial charge < -0.3 is 18.5 Å². The minimum atomic E-state index is -3.14. The molecule has 1 aromatic carbocycles. The summed E-state index contributed by atoms with van der Waals surface area (Å²) in [5.41, 5.74) is 0.474. The first-order valence-corrected chi connectivity index (χ1v) is 11.2. The van der Waals surface area contributed by atoms with Gasteiger partial charge in [0, 0.05) is 11.1 Å². The molecule has 0 spiro atoms. The lowest BCUT2D eigenvalue weighted by molar-refractivity contribution is 0.0594. The Bertz CT molecular complexity index is 882. The standard InChI is InChI=1S/C18H22Cl2NO6P/c1-4-26-28(23,27-5-2)8-6-7-25-16-11-15(18(22)24-3)21-14-10-12(19)9-13(20)17(14)16/h9-11H,4-8H2,1-3H3. The molecule has 0 radical (unpaired) electrons. The number of methoxy groups -OCH3 is 1. The molecule has 154 valence electrons. The van der Waals surface area contributed by atoms with E-state index in [0.29, 0.717) is 46.3 Å². The zero-order chi connectivity index (χ0) is 20.7. The Balaban J connectivity index is 2.23. The normalized spacial score (nSPS) is 11.6. The molecule has 7 nitrogen and oxygen atoms in total. The molecule has 0 aliphatic rings. The van der Waals surface area contributed by atoms with E-state index in [1.165, 1.54) is 13.2 Å². The molecule has 0 saturated carbocycles. The number of carbonyl (C=O) groups excluding carboxylic acids is 1. The van der Waals surface area contributed by atoms with Crippen molar-refractivity contribution in [3.05, 3.63) is 33.9 Å². The van der Waals surface area contributed by atoms with Gasteiger partial charge in [-0.15, -0.1) is 0 Å². The van der Waals surface area contributed by atoms with Crippen LogP contribution in [0.15, 0.2) is 18.2 Å². The summed E-state index contributed by atoms with van der Waals surface area (Å²) in [4.78, 5) is 16.1. The van der Waals surface area contributed by atoms with E-state index in [0.717, 1.165) is 0 Å². The summed E-state index contributed by atoms with van der Waals surface area (Å²) in [7, 11) is -1.88. The highest BCUT2D eigenvalue weighted by Gasteiger charge is 2.23. The molecule has 0 saturated heterocycles. The summed E-state index contributed by atoms with van der Waals surface area (Å²) in [6, 6.07) is 4.61. The Morgan fingerprint density at radius 3 is 2.43 bits per heavy atom. The predicted molar refractivity (Wildman–Crippen MR) is 109 cm³/mol. The van der Waals surface area contributed by atoms with Gasteiger partial charge in [-0.05, 0) is 32.4 Å². The van der Waals surface area contributed by atoms with E-state index >= 15 is 0 Å². The zero-order valence-corrected chi connectivity index (χ0v) is 18.3. The summed E-state index contributed by atoms with van der Waals surface area (Å²) in [5.74, 6) is -0.255. The third-order valence-corrected chi connectivity index (χ3v) is 6.35. The first-order chi connectivity index (χ1) is 13.3. The van der Waals surface area contributed by atoms with Crippen LogP contribution >= 0.6 is 30.8 Å². The summed E-state index contributed by atoms with van der Waals surface area (Å²) in [6.45, 7) is 4.32. The number of hydrogen-bond donors (Lipinski definition) is 0. The van der Waals surface area contributed by atoms with E-state index < -0.39 is 13.6 Å². The van der Waals surface area contributed by atoms with E-state index in [1.54, 1.807) is 26.0 Å². The van der Waals surface area contributed by atoms with Gasteiger partial charge in [-0.1, -0.05) is 23.2 Å². The van der Waals surface area contributed by atoms with Crippen LogP contribution in [0.2, 0.25) is 10.0 Å². The minimum Gasteiger partial charge on any atom is -0.493 e. The van der Waals surface area contributed by atoms with Crippen molar-refractivity contribution >= 4 is 47.7 Å². The van der Waals surface area contributed by atoms with Gasteiger partial charge in [0.05, 0.1) is 49.0 Å². The number of nitrogens with zero attached hydrogens (tertiary/aromatic N) is 1. The number of hydrogen-bond acceptors (Lipinski definition) is 7. The van der Waals surface area contributed by atoms with Gasteiger partial charge in [0.15, 0.2) is 5.69 Å². The Kier molecular flexibility index (Phi) is 8.53. The van der Waals surface area contributed by atoms with Gasteiger partial charge >= 0.3 is 13.6 Å². The number of aromatic nitrogens is 1. The van der Waals surface area contributed by atoms with Crippen LogP contribution < -0.4 is 4.74 Å². The monoisotopic (exact) mass is 449 g/mol. The van der Waals surface area contributed by atoms with Crippen molar-refractivity contribution in [3.8, 4) is 5.75 Å². The van der Waals surface area contributed by atoms with Crippen molar-refractivity contribution in [2.75, 3.05) is 33.1 Å². The molecule has 0 aliphatic heterocycles. The molecule has 0 fully saturated rings. The number of ether oxygens (including phenoxy) is 2. The number of benzene rings is 1. The molecule has 0 amide bonds. The maximum atomic E-state index is 12.5. The van der Waals surface area contributed by atoms with Crippen molar-refractivity contribution < 1.29 is 27.9 Å². The molecular weight excluding hydrogens is 428 g/mol. The Hall–Kier alpha value is -1.37. The molecule has 10 heteroatoms. The maximum Gasteiger partial charge on any atom is 0.356 e. The third kappa shape index (κ3) is 5.82. The van der Waals surface area contributed by atoms with E-state index in [9.17, 15) is 9.36 Å². The third-order valence-electron chi connectivity index (χ3n) is 3.67. The van der Waals surface area contributed by atoms with Crippen LogP contribution in [0.3, 0.4) is 0 Å². The van der Waals surface area contributed by atoms with Gasteiger partial charge in [-0.3, -0.25) is 4.57 Å². The number of halogens is 2. The molecule has 0 bridgehead atoms. The molecule has 0 aliphatic carbocycles. The molecule has 0 atom stereocenters. The SMILES string of the molecule is CCOP(=O)(CCCOc1cc(C(=O)OC)nc2cc(Cl)cc(Cl)c12)OCC. The van der Waals surface area contributed by atoms with Gasteiger partial charge in [0.2, 0.25) is 0 Å². The fourth-order valence-electron chi connectivity index (χ4n) is 2.57. The number of fused-ring (bicyclic) bond motifs is 1. The predicted octanol–water partition coefficient (Wildman–Crippen LogP) is 5.36. The van der Waals surface area contributed by atoms with Crippen LogP contribution in [0.4, 0.5) is 0 Å². The number of esters is 1. The second kappa shape index (κ2) is 10.4. The first-order valence-electron chi connectivity index (χ1n) is 8.72. The summed E-state index contributed by atoms with van der Waals surface area (Å²) >= 11 is 12.3.